The predicted octanol–water partition coefficient (Wildman–Crippen LogP) is 3.81. The third-order valence-electron chi connectivity index (χ3n) is 3.70. The Balaban J connectivity index is 2.43. The highest BCUT2D eigenvalue weighted by atomic mass is 19.2. The second-order valence-electron chi connectivity index (χ2n) is 5.27. The molecule has 1 aromatic heterocycles. The van der Waals surface area contributed by atoms with Crippen molar-refractivity contribution >= 4 is 10.9 Å². The predicted molar refractivity (Wildman–Crippen MR) is 59.5 cm³/mol. The number of aromatic amines is 1. The Kier molecular flexibility index (Phi) is 1.92. The molecular weight excluding hydrogens is 227 g/mol. The van der Waals surface area contributed by atoms with E-state index >= 15 is 0 Å². The molecule has 0 fully saturated rings. The molecule has 0 unspecified atom stereocenters. The smallest absolute Gasteiger partial charge is 0.195 e. The van der Waals surface area contributed by atoms with E-state index < -0.39 is 17.5 Å². The summed E-state index contributed by atoms with van der Waals surface area (Å²) in [4.78, 5) is 3.03. The summed E-state index contributed by atoms with van der Waals surface area (Å²) in [6.07, 6.45) is 1.59. The molecule has 0 radical (unpaired) electrons. The minimum atomic E-state index is -1.39. The number of nitrogens with one attached hydrogen (secondary N) is 1. The Labute approximate surface area is 96.6 Å². The lowest BCUT2D eigenvalue weighted by Gasteiger charge is -2.16. The van der Waals surface area contributed by atoms with E-state index in [0.717, 1.165) is 23.7 Å². The van der Waals surface area contributed by atoms with E-state index in [1.807, 2.05) is 13.8 Å². The highest BCUT2D eigenvalue weighted by molar-refractivity contribution is 5.86. The summed E-state index contributed by atoms with van der Waals surface area (Å²) < 4.78 is 40.1. The van der Waals surface area contributed by atoms with Crippen LogP contribution in [0.25, 0.3) is 10.9 Å². The van der Waals surface area contributed by atoms with Crippen LogP contribution in [0.15, 0.2) is 6.07 Å². The van der Waals surface area contributed by atoms with Crippen LogP contribution in [0.1, 0.15) is 31.5 Å². The van der Waals surface area contributed by atoms with E-state index in [0.29, 0.717) is 11.9 Å². The zero-order valence-corrected chi connectivity index (χ0v) is 9.63. The number of hydrogen-bond donors (Lipinski definition) is 1. The number of hydrogen-bond acceptors (Lipinski definition) is 0. The molecule has 17 heavy (non-hydrogen) atoms. The average Bonchev–Trinajstić information content (AvgIpc) is 2.74. The van der Waals surface area contributed by atoms with Crippen LogP contribution in [0.4, 0.5) is 13.2 Å². The first-order valence-corrected chi connectivity index (χ1v) is 5.60. The quantitative estimate of drug-likeness (QED) is 0.673. The Bertz CT molecular complexity index is 625. The minimum absolute atomic E-state index is 0.0895. The van der Waals surface area contributed by atoms with Gasteiger partial charge in [-0.2, -0.15) is 0 Å². The molecule has 1 aliphatic carbocycles. The Morgan fingerprint density at radius 2 is 1.88 bits per heavy atom. The van der Waals surface area contributed by atoms with Crippen LogP contribution < -0.4 is 0 Å². The van der Waals surface area contributed by atoms with Gasteiger partial charge in [-0.05, 0) is 18.4 Å². The first-order chi connectivity index (χ1) is 7.92. The lowest BCUT2D eigenvalue weighted by Crippen LogP contribution is -2.12. The summed E-state index contributed by atoms with van der Waals surface area (Å²) in [5.74, 6) is -3.60. The number of H-pyrrole nitrogens is 1. The molecule has 1 heterocycles. The largest absolute Gasteiger partial charge is 0.358 e. The maximum atomic E-state index is 13.8. The molecule has 0 amide bonds. The van der Waals surface area contributed by atoms with E-state index in [2.05, 4.69) is 4.98 Å². The lowest BCUT2D eigenvalue weighted by atomic mass is 9.91. The second-order valence-corrected chi connectivity index (χ2v) is 5.27. The van der Waals surface area contributed by atoms with Gasteiger partial charge < -0.3 is 4.98 Å². The molecule has 90 valence electrons. The molecule has 0 saturated heterocycles. The number of halogens is 3. The molecule has 1 nitrogen and oxygen atoms in total. The molecule has 3 rings (SSSR count). The van der Waals surface area contributed by atoms with Crippen molar-refractivity contribution in [2.45, 2.75) is 32.1 Å². The summed E-state index contributed by atoms with van der Waals surface area (Å²) in [6, 6.07) is 1.03. The lowest BCUT2D eigenvalue weighted by molar-refractivity contribution is 0.453. The molecule has 4 heteroatoms. The molecule has 0 spiro atoms. The van der Waals surface area contributed by atoms with Gasteiger partial charge in [0.2, 0.25) is 0 Å². The van der Waals surface area contributed by atoms with Crippen molar-refractivity contribution in [1.82, 2.24) is 4.98 Å². The fourth-order valence-electron chi connectivity index (χ4n) is 2.71. The fraction of sp³-hybridized carbons (Fsp3) is 0.385. The normalized spacial score (nSPS) is 17.7. The number of aryl methyl sites for hydroxylation is 1. The number of rotatable bonds is 0. The van der Waals surface area contributed by atoms with Crippen LogP contribution in [-0.2, 0) is 11.8 Å². The van der Waals surface area contributed by atoms with Crippen molar-refractivity contribution in [2.24, 2.45) is 0 Å². The van der Waals surface area contributed by atoms with Gasteiger partial charge >= 0.3 is 0 Å². The van der Waals surface area contributed by atoms with E-state index in [-0.39, 0.29) is 10.8 Å². The van der Waals surface area contributed by atoms with E-state index in [1.54, 1.807) is 0 Å². The second kappa shape index (κ2) is 3.06. The molecule has 0 bridgehead atoms. The van der Waals surface area contributed by atoms with Gasteiger partial charge in [0.15, 0.2) is 17.5 Å². The molecule has 1 aromatic carbocycles. The van der Waals surface area contributed by atoms with Crippen LogP contribution in [0.2, 0.25) is 0 Å². The third kappa shape index (κ3) is 1.27. The maximum absolute atomic E-state index is 13.8. The highest BCUT2D eigenvalue weighted by Gasteiger charge is 2.34. The molecule has 1 aliphatic rings. The van der Waals surface area contributed by atoms with Gasteiger partial charge in [0.1, 0.15) is 0 Å². The summed E-state index contributed by atoms with van der Waals surface area (Å²) in [5.41, 5.74) is 1.95. The summed E-state index contributed by atoms with van der Waals surface area (Å²) >= 11 is 0. The Hall–Kier alpha value is -1.45. The molecular formula is C13H12F3N. The Morgan fingerprint density at radius 3 is 2.59 bits per heavy atom. The van der Waals surface area contributed by atoms with Gasteiger partial charge in [-0.1, -0.05) is 13.8 Å². The zero-order chi connectivity index (χ0) is 12.4. The molecule has 0 aliphatic heterocycles. The van der Waals surface area contributed by atoms with E-state index in [9.17, 15) is 13.2 Å². The van der Waals surface area contributed by atoms with Crippen molar-refractivity contribution in [3.8, 4) is 0 Å². The van der Waals surface area contributed by atoms with Crippen LogP contribution in [0.5, 0.6) is 0 Å². The van der Waals surface area contributed by atoms with Crippen LogP contribution in [0, 0.1) is 17.5 Å². The molecule has 0 saturated carbocycles. The summed E-state index contributed by atoms with van der Waals surface area (Å²) in [5, 5.41) is 0.212. The number of aromatic nitrogens is 1. The van der Waals surface area contributed by atoms with Crippen LogP contribution in [-0.4, -0.2) is 4.98 Å². The van der Waals surface area contributed by atoms with Gasteiger partial charge in [-0.15, -0.1) is 0 Å². The van der Waals surface area contributed by atoms with E-state index in [1.165, 1.54) is 0 Å². The van der Waals surface area contributed by atoms with Crippen molar-refractivity contribution < 1.29 is 13.2 Å². The van der Waals surface area contributed by atoms with Gasteiger partial charge in [0, 0.05) is 22.6 Å². The van der Waals surface area contributed by atoms with Crippen molar-refractivity contribution in [3.63, 3.8) is 0 Å². The van der Waals surface area contributed by atoms with Gasteiger partial charge in [0.05, 0.1) is 5.52 Å². The first-order valence-electron chi connectivity index (χ1n) is 5.60. The average molecular weight is 239 g/mol. The van der Waals surface area contributed by atoms with Gasteiger partial charge in [-0.3, -0.25) is 0 Å². The van der Waals surface area contributed by atoms with Gasteiger partial charge in [0.25, 0.3) is 0 Å². The first kappa shape index (κ1) is 10.7. The summed E-state index contributed by atoms with van der Waals surface area (Å²) in [7, 11) is 0. The molecule has 0 atom stereocenters. The van der Waals surface area contributed by atoms with Gasteiger partial charge in [-0.25, -0.2) is 13.2 Å². The maximum Gasteiger partial charge on any atom is 0.195 e. The Morgan fingerprint density at radius 1 is 1.18 bits per heavy atom. The monoisotopic (exact) mass is 239 g/mol. The fourth-order valence-corrected chi connectivity index (χ4v) is 2.71. The topological polar surface area (TPSA) is 15.8 Å². The van der Waals surface area contributed by atoms with Crippen molar-refractivity contribution in [2.75, 3.05) is 0 Å². The third-order valence-corrected chi connectivity index (χ3v) is 3.70. The van der Waals surface area contributed by atoms with E-state index in [4.69, 9.17) is 0 Å². The SMILES string of the molecule is CC1(C)CCc2c1[nH]c1cc(F)c(F)c(F)c21. The van der Waals surface area contributed by atoms with Crippen LogP contribution >= 0.6 is 0 Å². The van der Waals surface area contributed by atoms with Crippen LogP contribution in [0.3, 0.4) is 0 Å². The van der Waals surface area contributed by atoms with Crippen molar-refractivity contribution in [3.05, 3.63) is 34.8 Å². The molecule has 2 aromatic rings. The van der Waals surface area contributed by atoms with Crippen molar-refractivity contribution in [1.29, 1.82) is 0 Å². The summed E-state index contributed by atoms with van der Waals surface area (Å²) in [6.45, 7) is 4.08. The minimum Gasteiger partial charge on any atom is -0.358 e. The standard InChI is InChI=1S/C13H12F3N/c1-13(2)4-3-6-9-8(17-12(6)13)5-7(14)10(15)11(9)16/h5,17H,3-4H2,1-2H3. The number of fused-ring (bicyclic) bond motifs is 3. The highest BCUT2D eigenvalue weighted by Crippen LogP contribution is 2.42. The molecule has 1 N–H and O–H groups in total. The number of benzene rings is 1. The zero-order valence-electron chi connectivity index (χ0n) is 9.63.